The highest BCUT2D eigenvalue weighted by Gasteiger charge is 2.26. The molecule has 2 N–H and O–H groups in total. The van der Waals surface area contributed by atoms with Gasteiger partial charge < -0.3 is 10.6 Å². The van der Waals surface area contributed by atoms with Crippen LogP contribution in [0.1, 0.15) is 17.8 Å². The molecule has 0 radical (unpaired) electrons. The molecule has 0 spiro atoms. The number of thiophene rings is 1. The molecule has 0 aliphatic rings. The summed E-state index contributed by atoms with van der Waals surface area (Å²) in [4.78, 5) is 12.2. The second-order valence-corrected chi connectivity index (χ2v) is 5.40. The Hall–Kier alpha value is -0.790. The van der Waals surface area contributed by atoms with Crippen LogP contribution in [0.25, 0.3) is 0 Å². The van der Waals surface area contributed by atoms with Crippen molar-refractivity contribution >= 4 is 28.8 Å². The maximum atomic E-state index is 11.8. The fraction of sp³-hybridized carbons (Fsp3) is 0.500. The summed E-state index contributed by atoms with van der Waals surface area (Å²) < 4.78 is 36.1. The summed E-state index contributed by atoms with van der Waals surface area (Å²) in [7, 11) is 0. The standard InChI is InChI=1S/C10H12ClF3N2OS/c1-6(7-2-3-8(11)18-7)16-9(17)4-15-5-10(12,13)14/h2-3,6,15H,4-5H2,1H3,(H,16,17). The maximum Gasteiger partial charge on any atom is 0.401 e. The molecule has 1 aromatic heterocycles. The van der Waals surface area contributed by atoms with Crippen LogP contribution in [0.2, 0.25) is 4.34 Å². The van der Waals surface area contributed by atoms with E-state index in [0.29, 0.717) is 4.34 Å². The summed E-state index contributed by atoms with van der Waals surface area (Å²) in [5.74, 6) is -0.490. The predicted molar refractivity (Wildman–Crippen MR) is 64.8 cm³/mol. The summed E-state index contributed by atoms with van der Waals surface area (Å²) in [5, 5.41) is 4.61. The molecule has 0 aromatic carbocycles. The molecule has 1 atom stereocenters. The third-order valence-electron chi connectivity index (χ3n) is 2.01. The van der Waals surface area contributed by atoms with Gasteiger partial charge in [-0.1, -0.05) is 11.6 Å². The molecule has 0 saturated heterocycles. The van der Waals surface area contributed by atoms with E-state index in [0.717, 1.165) is 4.88 Å². The quantitative estimate of drug-likeness (QED) is 0.878. The minimum atomic E-state index is -4.31. The Labute approximate surface area is 111 Å². The van der Waals surface area contributed by atoms with Gasteiger partial charge in [0.25, 0.3) is 0 Å². The molecule has 0 aliphatic carbocycles. The third kappa shape index (κ3) is 5.70. The number of rotatable bonds is 5. The smallest absolute Gasteiger partial charge is 0.348 e. The van der Waals surface area contributed by atoms with Crippen molar-refractivity contribution in [2.24, 2.45) is 0 Å². The second-order valence-electron chi connectivity index (χ2n) is 3.65. The number of halogens is 4. The Kier molecular flexibility index (Phi) is 5.43. The van der Waals surface area contributed by atoms with E-state index >= 15 is 0 Å². The Balaban J connectivity index is 2.32. The number of hydrogen-bond acceptors (Lipinski definition) is 3. The van der Waals surface area contributed by atoms with Crippen molar-refractivity contribution in [3.8, 4) is 0 Å². The van der Waals surface area contributed by atoms with Gasteiger partial charge in [0.1, 0.15) is 0 Å². The van der Waals surface area contributed by atoms with Gasteiger partial charge in [-0.05, 0) is 19.1 Å². The van der Waals surface area contributed by atoms with Crippen molar-refractivity contribution in [2.45, 2.75) is 19.1 Å². The first-order valence-corrected chi connectivity index (χ1v) is 6.29. The van der Waals surface area contributed by atoms with Crippen molar-refractivity contribution in [1.82, 2.24) is 10.6 Å². The van der Waals surface area contributed by atoms with Crippen LogP contribution in [-0.2, 0) is 4.79 Å². The van der Waals surface area contributed by atoms with Gasteiger partial charge in [-0.15, -0.1) is 11.3 Å². The Bertz CT molecular complexity index is 408. The van der Waals surface area contributed by atoms with Crippen LogP contribution in [-0.4, -0.2) is 25.2 Å². The molecule has 0 bridgehead atoms. The lowest BCUT2D eigenvalue weighted by Gasteiger charge is -2.13. The van der Waals surface area contributed by atoms with Gasteiger partial charge >= 0.3 is 6.18 Å². The zero-order valence-corrected chi connectivity index (χ0v) is 11.0. The third-order valence-corrected chi connectivity index (χ3v) is 3.42. The fourth-order valence-electron chi connectivity index (χ4n) is 1.24. The zero-order chi connectivity index (χ0) is 13.8. The minimum absolute atomic E-state index is 0.275. The van der Waals surface area contributed by atoms with Crippen molar-refractivity contribution in [1.29, 1.82) is 0 Å². The van der Waals surface area contributed by atoms with Gasteiger partial charge in [-0.25, -0.2) is 0 Å². The largest absolute Gasteiger partial charge is 0.401 e. The molecular formula is C10H12ClF3N2OS. The monoisotopic (exact) mass is 300 g/mol. The van der Waals surface area contributed by atoms with Gasteiger partial charge in [-0.2, -0.15) is 13.2 Å². The van der Waals surface area contributed by atoms with Crippen molar-refractivity contribution in [2.75, 3.05) is 13.1 Å². The SMILES string of the molecule is CC(NC(=O)CNCC(F)(F)F)c1ccc(Cl)s1. The van der Waals surface area contributed by atoms with E-state index in [9.17, 15) is 18.0 Å². The molecule has 1 amide bonds. The highest BCUT2D eigenvalue weighted by Crippen LogP contribution is 2.26. The first kappa shape index (κ1) is 15.3. The van der Waals surface area contributed by atoms with Gasteiger partial charge in [0.2, 0.25) is 5.91 Å². The molecule has 1 rings (SSSR count). The number of amides is 1. The number of hydrogen-bond donors (Lipinski definition) is 2. The minimum Gasteiger partial charge on any atom is -0.348 e. The summed E-state index contributed by atoms with van der Waals surface area (Å²) in [6.45, 7) is 0.187. The summed E-state index contributed by atoms with van der Waals surface area (Å²) in [6.07, 6.45) is -4.31. The van der Waals surface area contributed by atoms with Gasteiger partial charge in [-0.3, -0.25) is 4.79 Å². The van der Waals surface area contributed by atoms with E-state index in [-0.39, 0.29) is 12.6 Å². The van der Waals surface area contributed by atoms with Gasteiger partial charge in [0, 0.05) is 4.88 Å². The Morgan fingerprint density at radius 3 is 2.67 bits per heavy atom. The average molecular weight is 301 g/mol. The van der Waals surface area contributed by atoms with Crippen LogP contribution in [0, 0.1) is 0 Å². The molecule has 18 heavy (non-hydrogen) atoms. The van der Waals surface area contributed by atoms with Crippen LogP contribution in [0.15, 0.2) is 12.1 Å². The zero-order valence-electron chi connectivity index (χ0n) is 9.47. The molecule has 1 unspecified atom stereocenters. The van der Waals surface area contributed by atoms with Crippen LogP contribution in [0.4, 0.5) is 13.2 Å². The number of carbonyl (C=O) groups is 1. The van der Waals surface area contributed by atoms with E-state index in [1.165, 1.54) is 11.3 Å². The van der Waals surface area contributed by atoms with Crippen molar-refractivity contribution in [3.05, 3.63) is 21.3 Å². The van der Waals surface area contributed by atoms with Gasteiger partial charge in [0.05, 0.1) is 23.5 Å². The molecule has 1 heterocycles. The van der Waals surface area contributed by atoms with Crippen LogP contribution in [0.3, 0.4) is 0 Å². The van der Waals surface area contributed by atoms with E-state index in [2.05, 4.69) is 5.32 Å². The second kappa shape index (κ2) is 6.40. The Morgan fingerprint density at radius 2 is 2.17 bits per heavy atom. The van der Waals surface area contributed by atoms with Crippen molar-refractivity contribution < 1.29 is 18.0 Å². The summed E-state index contributed by atoms with van der Waals surface area (Å²) in [6, 6.07) is 3.19. The van der Waals surface area contributed by atoms with E-state index in [1.54, 1.807) is 19.1 Å². The van der Waals surface area contributed by atoms with Crippen LogP contribution in [0.5, 0.6) is 0 Å². The average Bonchev–Trinajstić information content (AvgIpc) is 2.62. The maximum absolute atomic E-state index is 11.8. The predicted octanol–water partition coefficient (Wildman–Crippen LogP) is 2.73. The van der Waals surface area contributed by atoms with E-state index in [1.807, 2.05) is 5.32 Å². The number of nitrogens with one attached hydrogen (secondary N) is 2. The number of carbonyl (C=O) groups excluding carboxylic acids is 1. The Morgan fingerprint density at radius 1 is 1.50 bits per heavy atom. The molecular weight excluding hydrogens is 289 g/mol. The molecule has 3 nitrogen and oxygen atoms in total. The topological polar surface area (TPSA) is 41.1 Å². The summed E-state index contributed by atoms with van der Waals surface area (Å²) >= 11 is 7.06. The van der Waals surface area contributed by atoms with Crippen molar-refractivity contribution in [3.63, 3.8) is 0 Å². The fourth-order valence-corrected chi connectivity index (χ4v) is 2.31. The van der Waals surface area contributed by atoms with Gasteiger partial charge in [0.15, 0.2) is 0 Å². The van der Waals surface area contributed by atoms with Crippen LogP contribution < -0.4 is 10.6 Å². The van der Waals surface area contributed by atoms with Crippen LogP contribution >= 0.6 is 22.9 Å². The highest BCUT2D eigenvalue weighted by atomic mass is 35.5. The molecule has 0 aliphatic heterocycles. The first-order chi connectivity index (χ1) is 8.28. The lowest BCUT2D eigenvalue weighted by molar-refractivity contribution is -0.128. The molecule has 0 saturated carbocycles. The lowest BCUT2D eigenvalue weighted by Crippen LogP contribution is -2.38. The molecule has 1 aromatic rings. The van der Waals surface area contributed by atoms with E-state index in [4.69, 9.17) is 11.6 Å². The molecule has 8 heteroatoms. The highest BCUT2D eigenvalue weighted by molar-refractivity contribution is 7.16. The van der Waals surface area contributed by atoms with E-state index < -0.39 is 18.6 Å². The normalized spacial score (nSPS) is 13.4. The summed E-state index contributed by atoms with van der Waals surface area (Å²) in [5.41, 5.74) is 0. The molecule has 102 valence electrons. The lowest BCUT2D eigenvalue weighted by atomic mass is 10.3. The first-order valence-electron chi connectivity index (χ1n) is 5.10. The molecule has 0 fully saturated rings. The number of alkyl halides is 3.